The minimum absolute atomic E-state index is 0.00345. The average molecular weight is 288 g/mol. The highest BCUT2D eigenvalue weighted by Crippen LogP contribution is 2.50. The summed E-state index contributed by atoms with van der Waals surface area (Å²) in [6.07, 6.45) is 1.14. The summed E-state index contributed by atoms with van der Waals surface area (Å²) in [4.78, 5) is 11.7. The summed E-state index contributed by atoms with van der Waals surface area (Å²) in [5, 5.41) is 46.7. The summed E-state index contributed by atoms with van der Waals surface area (Å²) >= 11 is 0. The number of esters is 1. The van der Waals surface area contributed by atoms with Crippen molar-refractivity contribution in [2.24, 2.45) is 0 Å². The summed E-state index contributed by atoms with van der Waals surface area (Å²) in [5.41, 5.74) is -0.815. The number of rotatable bonds is 6. The van der Waals surface area contributed by atoms with Crippen LogP contribution in [0.1, 0.15) is 23.2 Å². The van der Waals surface area contributed by atoms with E-state index in [9.17, 15) is 25.2 Å². The predicted octanol–water partition coefficient (Wildman–Crippen LogP) is 0.798. The van der Waals surface area contributed by atoms with E-state index in [1.807, 2.05) is 0 Å². The first-order valence-corrected chi connectivity index (χ1v) is 5.76. The van der Waals surface area contributed by atoms with E-state index in [0.29, 0.717) is 19.4 Å². The normalized spacial score (nSPS) is 10.4. The van der Waals surface area contributed by atoms with Crippen LogP contribution < -0.4 is 0 Å². The monoisotopic (exact) mass is 288 g/mol. The molecule has 0 unspecified atom stereocenters. The molecular weight excluding hydrogens is 272 g/mol. The van der Waals surface area contributed by atoms with Crippen molar-refractivity contribution in [3.63, 3.8) is 0 Å². The number of hydrogen-bond donors (Lipinski definition) is 5. The van der Waals surface area contributed by atoms with E-state index in [1.54, 1.807) is 0 Å². The molecule has 0 amide bonds. The SMILES string of the molecule is COCCCCOC(=O)c1c(O)c(O)c(O)c(O)c1O. The highest BCUT2D eigenvalue weighted by Gasteiger charge is 2.28. The summed E-state index contributed by atoms with van der Waals surface area (Å²) < 4.78 is 9.57. The molecule has 0 aliphatic heterocycles. The number of hydrogen-bond acceptors (Lipinski definition) is 8. The molecular formula is C12H16O8. The minimum Gasteiger partial charge on any atom is -0.503 e. The zero-order valence-corrected chi connectivity index (χ0v) is 10.8. The van der Waals surface area contributed by atoms with Crippen molar-refractivity contribution < 1.29 is 39.8 Å². The Bertz CT molecular complexity index is 468. The van der Waals surface area contributed by atoms with Crippen molar-refractivity contribution in [1.29, 1.82) is 0 Å². The minimum atomic E-state index is -1.14. The van der Waals surface area contributed by atoms with Crippen LogP contribution in [0.25, 0.3) is 0 Å². The van der Waals surface area contributed by atoms with Gasteiger partial charge in [0.05, 0.1) is 6.61 Å². The lowest BCUT2D eigenvalue weighted by Crippen LogP contribution is -2.08. The predicted molar refractivity (Wildman–Crippen MR) is 66.2 cm³/mol. The van der Waals surface area contributed by atoms with Crippen LogP contribution in [0.2, 0.25) is 0 Å². The van der Waals surface area contributed by atoms with Crippen LogP contribution in [-0.4, -0.2) is 51.8 Å². The largest absolute Gasteiger partial charge is 0.503 e. The van der Waals surface area contributed by atoms with Crippen LogP contribution in [0.3, 0.4) is 0 Å². The van der Waals surface area contributed by atoms with Crippen molar-refractivity contribution in [2.45, 2.75) is 12.8 Å². The van der Waals surface area contributed by atoms with Gasteiger partial charge in [0.1, 0.15) is 0 Å². The van der Waals surface area contributed by atoms with Gasteiger partial charge in [0.2, 0.25) is 17.2 Å². The first-order chi connectivity index (χ1) is 9.41. The molecule has 0 heterocycles. The van der Waals surface area contributed by atoms with E-state index in [2.05, 4.69) is 0 Å². The summed E-state index contributed by atoms with van der Waals surface area (Å²) in [5.74, 6) is -6.64. The van der Waals surface area contributed by atoms with Crippen molar-refractivity contribution in [3.05, 3.63) is 5.56 Å². The molecule has 0 radical (unpaired) electrons. The maximum atomic E-state index is 11.7. The molecule has 0 spiro atoms. The van der Waals surface area contributed by atoms with Crippen molar-refractivity contribution >= 4 is 5.97 Å². The number of benzene rings is 1. The molecule has 0 aliphatic rings. The molecule has 8 nitrogen and oxygen atoms in total. The van der Waals surface area contributed by atoms with Crippen LogP contribution in [0.5, 0.6) is 28.7 Å². The maximum absolute atomic E-state index is 11.7. The molecule has 20 heavy (non-hydrogen) atoms. The van der Waals surface area contributed by atoms with Gasteiger partial charge in [0, 0.05) is 13.7 Å². The van der Waals surface area contributed by atoms with Crippen LogP contribution in [-0.2, 0) is 9.47 Å². The number of carbonyl (C=O) groups excluding carboxylic acids is 1. The number of carbonyl (C=O) groups is 1. The van der Waals surface area contributed by atoms with Crippen LogP contribution in [0, 0.1) is 0 Å². The molecule has 1 aromatic carbocycles. The number of methoxy groups -OCH3 is 1. The van der Waals surface area contributed by atoms with Gasteiger partial charge in [0.15, 0.2) is 17.1 Å². The fourth-order valence-electron chi connectivity index (χ4n) is 1.46. The lowest BCUT2D eigenvalue weighted by Gasteiger charge is -2.11. The zero-order chi connectivity index (χ0) is 15.3. The van der Waals surface area contributed by atoms with Gasteiger partial charge >= 0.3 is 5.97 Å². The van der Waals surface area contributed by atoms with Gasteiger partial charge < -0.3 is 35.0 Å². The number of aromatic hydroxyl groups is 5. The Morgan fingerprint density at radius 2 is 1.30 bits per heavy atom. The number of phenolic OH excluding ortho intramolecular Hbond substituents is 5. The Morgan fingerprint density at radius 3 is 1.80 bits per heavy atom. The molecule has 0 aliphatic carbocycles. The van der Waals surface area contributed by atoms with E-state index < -0.39 is 40.3 Å². The average Bonchev–Trinajstić information content (AvgIpc) is 2.43. The van der Waals surface area contributed by atoms with Crippen molar-refractivity contribution in [3.8, 4) is 28.7 Å². The van der Waals surface area contributed by atoms with E-state index in [0.717, 1.165) is 0 Å². The molecule has 0 fully saturated rings. The van der Waals surface area contributed by atoms with Gasteiger partial charge in [0.25, 0.3) is 0 Å². The molecule has 0 atom stereocenters. The molecule has 0 saturated heterocycles. The molecule has 1 rings (SSSR count). The van der Waals surface area contributed by atoms with E-state index in [4.69, 9.17) is 14.6 Å². The molecule has 5 N–H and O–H groups in total. The molecule has 0 bridgehead atoms. The van der Waals surface area contributed by atoms with Gasteiger partial charge in [-0.2, -0.15) is 0 Å². The van der Waals surface area contributed by atoms with E-state index >= 15 is 0 Å². The number of ether oxygens (including phenoxy) is 2. The third-order valence-electron chi connectivity index (χ3n) is 2.55. The number of unbranched alkanes of at least 4 members (excludes halogenated alkanes) is 1. The topological polar surface area (TPSA) is 137 Å². The fourth-order valence-corrected chi connectivity index (χ4v) is 1.46. The van der Waals surface area contributed by atoms with Gasteiger partial charge in [-0.25, -0.2) is 4.79 Å². The molecule has 112 valence electrons. The molecule has 0 aromatic heterocycles. The Kier molecular flexibility index (Phi) is 5.27. The standard InChI is InChI=1S/C12H16O8/c1-19-4-2-3-5-20-12(18)6-7(13)9(15)11(17)10(16)8(6)14/h13-17H,2-5H2,1H3. The Labute approximate surface area is 114 Å². The van der Waals surface area contributed by atoms with Crippen LogP contribution in [0.15, 0.2) is 0 Å². The summed E-state index contributed by atoms with van der Waals surface area (Å²) in [6.45, 7) is 0.498. The van der Waals surface area contributed by atoms with Gasteiger partial charge in [-0.05, 0) is 12.8 Å². The van der Waals surface area contributed by atoms with Crippen molar-refractivity contribution in [1.82, 2.24) is 0 Å². The van der Waals surface area contributed by atoms with Gasteiger partial charge in [-0.3, -0.25) is 0 Å². The van der Waals surface area contributed by atoms with Crippen molar-refractivity contribution in [2.75, 3.05) is 20.3 Å². The quantitative estimate of drug-likeness (QED) is 0.224. The van der Waals surface area contributed by atoms with Crippen LogP contribution in [0.4, 0.5) is 0 Å². The Hall–Kier alpha value is -2.35. The maximum Gasteiger partial charge on any atom is 0.346 e. The second-order valence-electron chi connectivity index (χ2n) is 3.95. The highest BCUT2D eigenvalue weighted by molar-refractivity contribution is 5.98. The third kappa shape index (κ3) is 3.15. The lowest BCUT2D eigenvalue weighted by molar-refractivity contribution is 0.0480. The van der Waals surface area contributed by atoms with E-state index in [1.165, 1.54) is 7.11 Å². The second kappa shape index (κ2) is 6.71. The summed E-state index contributed by atoms with van der Waals surface area (Å²) in [6, 6.07) is 0. The Balaban J connectivity index is 2.83. The second-order valence-corrected chi connectivity index (χ2v) is 3.95. The lowest BCUT2D eigenvalue weighted by atomic mass is 10.1. The molecule has 8 heteroatoms. The number of phenols is 5. The summed E-state index contributed by atoms with van der Waals surface area (Å²) in [7, 11) is 1.53. The van der Waals surface area contributed by atoms with E-state index in [-0.39, 0.29) is 6.61 Å². The first-order valence-electron chi connectivity index (χ1n) is 5.76. The molecule has 1 aromatic rings. The highest BCUT2D eigenvalue weighted by atomic mass is 16.5. The Morgan fingerprint density at radius 1 is 0.850 bits per heavy atom. The zero-order valence-electron chi connectivity index (χ0n) is 10.8. The first kappa shape index (κ1) is 15.7. The van der Waals surface area contributed by atoms with Crippen LogP contribution >= 0.6 is 0 Å². The van der Waals surface area contributed by atoms with Gasteiger partial charge in [-0.1, -0.05) is 0 Å². The third-order valence-corrected chi connectivity index (χ3v) is 2.55. The van der Waals surface area contributed by atoms with Gasteiger partial charge in [-0.15, -0.1) is 0 Å². The molecule has 0 saturated carbocycles. The smallest absolute Gasteiger partial charge is 0.346 e. The fraction of sp³-hybridized carbons (Fsp3) is 0.417.